The van der Waals surface area contributed by atoms with E-state index in [1.165, 1.54) is 36.4 Å². The summed E-state index contributed by atoms with van der Waals surface area (Å²) in [7, 11) is 0. The van der Waals surface area contributed by atoms with E-state index in [1.807, 2.05) is 0 Å². The zero-order valence-electron chi connectivity index (χ0n) is 21.8. The molecular formula is C27H25N5O8S. The van der Waals surface area contributed by atoms with Gasteiger partial charge in [0.1, 0.15) is 22.9 Å². The lowest BCUT2D eigenvalue weighted by molar-refractivity contribution is 0.0697. The van der Waals surface area contributed by atoms with Gasteiger partial charge in [-0.1, -0.05) is 12.1 Å². The SMILES string of the molecule is CCOc1cc(N=Nc2c(OS(=O)O)cc3ccc(N)cc3c2O)c(OCC)cc1N=Nc1cccc(C(=O)O)c1. The molecule has 1 unspecified atom stereocenters. The predicted octanol–water partition coefficient (Wildman–Crippen LogP) is 6.97. The van der Waals surface area contributed by atoms with Crippen LogP contribution < -0.4 is 19.4 Å². The monoisotopic (exact) mass is 579 g/mol. The number of ether oxygens (including phenoxy) is 2. The number of hydrogen-bond acceptors (Lipinski definition) is 11. The average Bonchev–Trinajstić information content (AvgIpc) is 2.93. The molecule has 1 atom stereocenters. The summed E-state index contributed by atoms with van der Waals surface area (Å²) in [6.45, 7) is 4.06. The Morgan fingerprint density at radius 2 is 1.54 bits per heavy atom. The molecule has 4 aromatic rings. The van der Waals surface area contributed by atoms with Crippen molar-refractivity contribution in [2.75, 3.05) is 18.9 Å². The highest BCUT2D eigenvalue weighted by Gasteiger charge is 2.18. The highest BCUT2D eigenvalue weighted by Crippen LogP contribution is 2.46. The first-order valence-electron chi connectivity index (χ1n) is 12.1. The Labute approximate surface area is 236 Å². The smallest absolute Gasteiger partial charge is 0.357 e. The minimum atomic E-state index is -2.71. The average molecular weight is 580 g/mol. The van der Waals surface area contributed by atoms with Crippen molar-refractivity contribution < 1.29 is 37.4 Å². The fourth-order valence-corrected chi connectivity index (χ4v) is 4.03. The molecule has 5 N–H and O–H groups in total. The van der Waals surface area contributed by atoms with E-state index < -0.39 is 17.3 Å². The number of carboxylic acids is 1. The Morgan fingerprint density at radius 1 is 0.878 bits per heavy atom. The maximum atomic E-state index is 11.4. The lowest BCUT2D eigenvalue weighted by Gasteiger charge is -2.12. The zero-order valence-corrected chi connectivity index (χ0v) is 22.7. The van der Waals surface area contributed by atoms with Crippen molar-refractivity contribution in [3.63, 3.8) is 0 Å². The van der Waals surface area contributed by atoms with Gasteiger partial charge in [0.05, 0.1) is 24.5 Å². The highest BCUT2D eigenvalue weighted by molar-refractivity contribution is 7.74. The molecule has 212 valence electrons. The molecule has 13 nitrogen and oxygen atoms in total. The number of azo groups is 2. The second-order valence-corrected chi connectivity index (χ2v) is 8.86. The molecule has 0 aliphatic heterocycles. The lowest BCUT2D eigenvalue weighted by Crippen LogP contribution is -1.98. The van der Waals surface area contributed by atoms with Crippen LogP contribution in [0.5, 0.6) is 23.0 Å². The first-order chi connectivity index (χ1) is 19.7. The van der Waals surface area contributed by atoms with Crippen LogP contribution in [0, 0.1) is 0 Å². The number of rotatable bonds is 11. The molecule has 0 aliphatic carbocycles. The van der Waals surface area contributed by atoms with E-state index >= 15 is 0 Å². The standard InChI is InChI=1S/C27H25N5O8S/c1-3-38-22-14-21(23(39-4-2)13-20(22)30-29-18-7-5-6-16(10-18)27(34)35)31-32-25-24(40-41(36)37)11-15-8-9-17(28)12-19(15)26(25)33/h5-14,33H,3-4,28H2,1-2H3,(H,34,35)(H,36,37). The van der Waals surface area contributed by atoms with Crippen LogP contribution in [0.25, 0.3) is 10.8 Å². The molecule has 41 heavy (non-hydrogen) atoms. The van der Waals surface area contributed by atoms with Gasteiger partial charge in [-0.25, -0.2) is 4.79 Å². The van der Waals surface area contributed by atoms with Crippen molar-refractivity contribution in [3.05, 3.63) is 66.2 Å². The summed E-state index contributed by atoms with van der Waals surface area (Å²) in [5, 5.41) is 37.7. The van der Waals surface area contributed by atoms with Crippen molar-refractivity contribution in [1.82, 2.24) is 0 Å². The summed E-state index contributed by atoms with van der Waals surface area (Å²) >= 11 is -2.71. The van der Waals surface area contributed by atoms with Crippen molar-refractivity contribution in [3.8, 4) is 23.0 Å². The summed E-state index contributed by atoms with van der Waals surface area (Å²) < 4.78 is 37.2. The summed E-state index contributed by atoms with van der Waals surface area (Å²) in [5.74, 6) is -1.14. The van der Waals surface area contributed by atoms with Gasteiger partial charge >= 0.3 is 17.3 Å². The summed E-state index contributed by atoms with van der Waals surface area (Å²) in [5.41, 5.74) is 6.87. The number of hydrogen-bond donors (Lipinski definition) is 4. The number of fused-ring (bicyclic) bond motifs is 1. The molecule has 0 fully saturated rings. The van der Waals surface area contributed by atoms with E-state index in [0.29, 0.717) is 22.1 Å². The van der Waals surface area contributed by atoms with E-state index in [1.54, 1.807) is 38.1 Å². The van der Waals surface area contributed by atoms with E-state index in [-0.39, 0.29) is 58.8 Å². The topological polar surface area (TPSA) is 198 Å². The molecule has 0 saturated carbocycles. The minimum absolute atomic E-state index is 0.0604. The van der Waals surface area contributed by atoms with Gasteiger partial charge in [-0.3, -0.25) is 4.55 Å². The van der Waals surface area contributed by atoms with E-state index in [9.17, 15) is 23.8 Å². The van der Waals surface area contributed by atoms with Gasteiger partial charge in [0, 0.05) is 23.2 Å². The van der Waals surface area contributed by atoms with E-state index in [2.05, 4.69) is 20.5 Å². The number of benzene rings is 4. The number of aromatic carboxylic acids is 1. The van der Waals surface area contributed by atoms with Crippen LogP contribution in [0.3, 0.4) is 0 Å². The fourth-order valence-electron chi connectivity index (χ4n) is 3.75. The number of carbonyl (C=O) groups is 1. The Morgan fingerprint density at radius 3 is 2.15 bits per heavy atom. The highest BCUT2D eigenvalue weighted by atomic mass is 32.2. The maximum absolute atomic E-state index is 11.4. The normalized spacial score (nSPS) is 12.2. The number of carboxylic acid groups (broad SMARTS) is 1. The second kappa shape index (κ2) is 12.8. The van der Waals surface area contributed by atoms with Crippen molar-refractivity contribution in [2.24, 2.45) is 20.5 Å². The minimum Gasteiger partial charge on any atom is -0.505 e. The van der Waals surface area contributed by atoms with Crippen molar-refractivity contribution in [2.45, 2.75) is 13.8 Å². The third-order valence-electron chi connectivity index (χ3n) is 5.50. The third kappa shape index (κ3) is 6.93. The quantitative estimate of drug-likeness (QED) is 0.0823. The van der Waals surface area contributed by atoms with Crippen LogP contribution in [0.2, 0.25) is 0 Å². The number of nitrogens with zero attached hydrogens (tertiary/aromatic N) is 4. The molecule has 0 aromatic heterocycles. The molecule has 0 amide bonds. The molecule has 4 aromatic carbocycles. The molecule has 0 heterocycles. The largest absolute Gasteiger partial charge is 0.505 e. The fraction of sp³-hybridized carbons (Fsp3) is 0.148. The summed E-state index contributed by atoms with van der Waals surface area (Å²) in [6.07, 6.45) is 0. The number of anilines is 1. The van der Waals surface area contributed by atoms with Gasteiger partial charge in [-0.2, -0.15) is 9.32 Å². The Hall–Kier alpha value is -5.08. The van der Waals surface area contributed by atoms with Crippen LogP contribution in [0.1, 0.15) is 24.2 Å². The summed E-state index contributed by atoms with van der Waals surface area (Å²) in [4.78, 5) is 11.3. The zero-order chi connectivity index (χ0) is 29.5. The van der Waals surface area contributed by atoms with Gasteiger partial charge in [0.15, 0.2) is 17.2 Å². The summed E-state index contributed by atoms with van der Waals surface area (Å²) in [6, 6.07) is 15.2. The second-order valence-electron chi connectivity index (χ2n) is 8.26. The lowest BCUT2D eigenvalue weighted by atomic mass is 10.1. The van der Waals surface area contributed by atoms with Gasteiger partial charge < -0.3 is 29.6 Å². The Bertz CT molecular complexity index is 1690. The first kappa shape index (κ1) is 28.9. The first-order valence-corrected chi connectivity index (χ1v) is 13.2. The van der Waals surface area contributed by atoms with Gasteiger partial charge in [-0.15, -0.1) is 15.3 Å². The molecule has 4 rings (SSSR count). The molecule has 0 aliphatic rings. The molecule has 0 saturated heterocycles. The van der Waals surface area contributed by atoms with E-state index in [4.69, 9.17) is 19.4 Å². The maximum Gasteiger partial charge on any atom is 0.357 e. The number of nitrogen functional groups attached to an aromatic ring is 1. The number of nitrogens with two attached hydrogens (primary N) is 1. The third-order valence-corrected chi connectivity index (χ3v) is 5.82. The molecule has 0 spiro atoms. The molecular weight excluding hydrogens is 554 g/mol. The number of phenols is 1. The Balaban J connectivity index is 1.80. The van der Waals surface area contributed by atoms with Crippen LogP contribution in [-0.2, 0) is 11.4 Å². The van der Waals surface area contributed by atoms with Gasteiger partial charge in [0.2, 0.25) is 0 Å². The van der Waals surface area contributed by atoms with E-state index in [0.717, 1.165) is 0 Å². The Kier molecular flexibility index (Phi) is 9.06. The molecule has 0 bridgehead atoms. The number of aromatic hydroxyl groups is 1. The number of phenolic OH excluding ortho intramolecular Hbond substituents is 1. The van der Waals surface area contributed by atoms with Crippen LogP contribution in [-0.4, -0.2) is 38.2 Å². The molecule has 0 radical (unpaired) electrons. The van der Waals surface area contributed by atoms with Crippen molar-refractivity contribution in [1.29, 1.82) is 0 Å². The van der Waals surface area contributed by atoms with Gasteiger partial charge in [-0.05, 0) is 55.6 Å². The van der Waals surface area contributed by atoms with Gasteiger partial charge in [0.25, 0.3) is 0 Å². The van der Waals surface area contributed by atoms with Crippen LogP contribution in [0.4, 0.5) is 28.4 Å². The molecule has 14 heteroatoms. The predicted molar refractivity (Wildman–Crippen MR) is 152 cm³/mol. The van der Waals surface area contributed by atoms with Crippen molar-refractivity contribution >= 4 is 56.5 Å². The van der Waals surface area contributed by atoms with Crippen LogP contribution in [0.15, 0.2) is 81.1 Å². The van der Waals surface area contributed by atoms with Crippen LogP contribution >= 0.6 is 0 Å².